The average molecular weight is 310 g/mol. The first-order chi connectivity index (χ1) is 10.0. The Kier molecular flexibility index (Phi) is 3.94. The molecule has 1 aromatic rings. The summed E-state index contributed by atoms with van der Waals surface area (Å²) in [5.41, 5.74) is 6.13. The molecule has 4 nitrogen and oxygen atoms in total. The van der Waals surface area contributed by atoms with E-state index in [0.29, 0.717) is 13.2 Å². The van der Waals surface area contributed by atoms with Crippen molar-refractivity contribution < 1.29 is 13.9 Å². The number of benzene rings is 1. The second kappa shape index (κ2) is 5.59. The lowest BCUT2D eigenvalue weighted by Crippen LogP contribution is -2.51. The first-order valence-corrected chi connectivity index (χ1v) is 8.06. The first-order valence-electron chi connectivity index (χ1n) is 7.07. The minimum Gasteiger partial charge on any atom is -0.379 e. The van der Waals surface area contributed by atoms with Gasteiger partial charge in [0.05, 0.1) is 24.7 Å². The molecule has 1 aromatic carbocycles. The number of hydrogen-bond donors (Lipinski definition) is 2. The summed E-state index contributed by atoms with van der Waals surface area (Å²) in [5.74, 6) is 0.519. The van der Waals surface area contributed by atoms with E-state index in [0.717, 1.165) is 22.6 Å². The predicted octanol–water partition coefficient (Wildman–Crippen LogP) is 1.84. The topological polar surface area (TPSA) is 64.3 Å². The molecule has 21 heavy (non-hydrogen) atoms. The number of thioether (sulfide) groups is 1. The number of carbonyl (C=O) groups excluding carboxylic acids is 1. The number of nitrogens with one attached hydrogen (secondary N) is 1. The fourth-order valence-electron chi connectivity index (χ4n) is 2.76. The van der Waals surface area contributed by atoms with Gasteiger partial charge < -0.3 is 15.8 Å². The van der Waals surface area contributed by atoms with Crippen LogP contribution in [0.2, 0.25) is 0 Å². The number of amides is 1. The Labute approximate surface area is 127 Å². The number of rotatable bonds is 2. The van der Waals surface area contributed by atoms with Crippen molar-refractivity contribution in [1.82, 2.24) is 5.32 Å². The van der Waals surface area contributed by atoms with Crippen molar-refractivity contribution in [1.29, 1.82) is 0 Å². The van der Waals surface area contributed by atoms with Crippen LogP contribution >= 0.6 is 11.8 Å². The van der Waals surface area contributed by atoms with Crippen LogP contribution in [0.1, 0.15) is 24.9 Å². The molecule has 3 rings (SSSR count). The van der Waals surface area contributed by atoms with E-state index >= 15 is 0 Å². The third-order valence-corrected chi connectivity index (χ3v) is 5.48. The van der Waals surface area contributed by atoms with E-state index in [9.17, 15) is 9.18 Å². The maximum absolute atomic E-state index is 13.5. The minimum atomic E-state index is -0.710. The molecule has 0 saturated carbocycles. The number of ether oxygens (including phenoxy) is 1. The molecule has 2 heterocycles. The van der Waals surface area contributed by atoms with Gasteiger partial charge in [-0.2, -0.15) is 0 Å². The molecular weight excluding hydrogens is 291 g/mol. The van der Waals surface area contributed by atoms with Crippen molar-refractivity contribution in [3.63, 3.8) is 0 Å². The summed E-state index contributed by atoms with van der Waals surface area (Å²) in [4.78, 5) is 13.6. The highest BCUT2D eigenvalue weighted by atomic mass is 32.2. The van der Waals surface area contributed by atoms with Gasteiger partial charge in [0.1, 0.15) is 5.82 Å². The van der Waals surface area contributed by atoms with Crippen LogP contribution in [0, 0.1) is 11.2 Å². The maximum atomic E-state index is 13.5. The highest BCUT2D eigenvalue weighted by Gasteiger charge is 2.45. The van der Waals surface area contributed by atoms with Crippen LogP contribution in [0.3, 0.4) is 0 Å². The van der Waals surface area contributed by atoms with Crippen LogP contribution in [0.25, 0.3) is 0 Å². The quantitative estimate of drug-likeness (QED) is 0.875. The summed E-state index contributed by atoms with van der Waals surface area (Å²) >= 11 is 1.69. The summed E-state index contributed by atoms with van der Waals surface area (Å²) in [7, 11) is 0. The number of nitrogens with two attached hydrogens (primary N) is 1. The molecule has 1 amide bonds. The van der Waals surface area contributed by atoms with Gasteiger partial charge in [-0.1, -0.05) is 0 Å². The fourth-order valence-corrected chi connectivity index (χ4v) is 3.87. The molecule has 3 N–H and O–H groups in total. The number of hydrogen-bond acceptors (Lipinski definition) is 4. The van der Waals surface area contributed by atoms with Gasteiger partial charge in [0.25, 0.3) is 0 Å². The Balaban J connectivity index is 1.80. The molecule has 1 fully saturated rings. The number of fused-ring (bicyclic) bond motifs is 1. The summed E-state index contributed by atoms with van der Waals surface area (Å²) in [6, 6.07) is 4.29. The largest absolute Gasteiger partial charge is 0.379 e. The van der Waals surface area contributed by atoms with Crippen molar-refractivity contribution in [2.75, 3.05) is 19.0 Å². The van der Waals surface area contributed by atoms with Gasteiger partial charge in [-0.25, -0.2) is 4.39 Å². The van der Waals surface area contributed by atoms with Crippen LogP contribution in [0.4, 0.5) is 4.39 Å². The van der Waals surface area contributed by atoms with Crippen LogP contribution in [0.15, 0.2) is 23.1 Å². The molecule has 0 bridgehead atoms. The lowest BCUT2D eigenvalue weighted by atomic mass is 9.84. The monoisotopic (exact) mass is 310 g/mol. The van der Waals surface area contributed by atoms with Gasteiger partial charge in [0, 0.05) is 16.7 Å². The molecule has 2 aliphatic rings. The second-order valence-electron chi connectivity index (χ2n) is 5.88. The van der Waals surface area contributed by atoms with Crippen LogP contribution in [-0.4, -0.2) is 30.9 Å². The zero-order valence-electron chi connectivity index (χ0n) is 11.9. The summed E-state index contributed by atoms with van der Waals surface area (Å²) in [5, 5.41) is 3.04. The molecule has 1 saturated heterocycles. The Bertz CT molecular complexity index is 569. The van der Waals surface area contributed by atoms with Crippen molar-refractivity contribution in [2.24, 2.45) is 11.1 Å². The van der Waals surface area contributed by atoms with E-state index in [1.807, 2.05) is 6.92 Å². The standard InChI is InChI=1S/C15H19FN2O2S/c1-15(8-20-7-13(15)17)14(19)18-11-4-5-21-12-3-2-9(16)6-10(11)12/h2-3,6,11,13H,4-5,7-8,17H2,1H3,(H,18,19). The highest BCUT2D eigenvalue weighted by molar-refractivity contribution is 7.99. The van der Waals surface area contributed by atoms with E-state index in [1.54, 1.807) is 17.8 Å². The molecular formula is C15H19FN2O2S. The van der Waals surface area contributed by atoms with Gasteiger partial charge in [0.15, 0.2) is 0 Å². The maximum Gasteiger partial charge on any atom is 0.230 e. The summed E-state index contributed by atoms with van der Waals surface area (Å²) in [6.45, 7) is 2.55. The van der Waals surface area contributed by atoms with E-state index in [2.05, 4.69) is 5.32 Å². The molecule has 3 unspecified atom stereocenters. The van der Waals surface area contributed by atoms with Crippen molar-refractivity contribution >= 4 is 17.7 Å². The van der Waals surface area contributed by atoms with Gasteiger partial charge in [-0.15, -0.1) is 11.8 Å². The molecule has 0 aromatic heterocycles. The minimum absolute atomic E-state index is 0.111. The SMILES string of the molecule is CC1(C(=O)NC2CCSc3ccc(F)cc32)COCC1N. The third-order valence-electron chi connectivity index (χ3n) is 4.35. The third kappa shape index (κ3) is 2.67. The molecule has 6 heteroatoms. The van der Waals surface area contributed by atoms with Gasteiger partial charge in [-0.3, -0.25) is 4.79 Å². The first kappa shape index (κ1) is 14.8. The Morgan fingerprint density at radius 3 is 3.10 bits per heavy atom. The molecule has 114 valence electrons. The fraction of sp³-hybridized carbons (Fsp3) is 0.533. The van der Waals surface area contributed by atoms with Crippen molar-refractivity contribution in [3.05, 3.63) is 29.6 Å². The van der Waals surface area contributed by atoms with Crippen molar-refractivity contribution in [3.8, 4) is 0 Å². The molecule has 3 atom stereocenters. The molecule has 0 spiro atoms. The second-order valence-corrected chi connectivity index (χ2v) is 7.02. The summed E-state index contributed by atoms with van der Waals surface area (Å²) < 4.78 is 18.8. The highest BCUT2D eigenvalue weighted by Crippen LogP contribution is 2.37. The average Bonchev–Trinajstić information content (AvgIpc) is 2.80. The zero-order valence-corrected chi connectivity index (χ0v) is 12.7. The van der Waals surface area contributed by atoms with E-state index in [4.69, 9.17) is 10.5 Å². The van der Waals surface area contributed by atoms with Crippen molar-refractivity contribution in [2.45, 2.75) is 30.3 Å². The molecule has 0 aliphatic carbocycles. The Morgan fingerprint density at radius 2 is 2.38 bits per heavy atom. The lowest BCUT2D eigenvalue weighted by molar-refractivity contribution is -0.131. The van der Waals surface area contributed by atoms with E-state index in [1.165, 1.54) is 12.1 Å². The molecule has 0 radical (unpaired) electrons. The van der Waals surface area contributed by atoms with Crippen LogP contribution in [-0.2, 0) is 9.53 Å². The van der Waals surface area contributed by atoms with E-state index < -0.39 is 5.41 Å². The van der Waals surface area contributed by atoms with Gasteiger partial charge in [0.2, 0.25) is 5.91 Å². The smallest absolute Gasteiger partial charge is 0.230 e. The zero-order chi connectivity index (χ0) is 15.0. The van der Waals surface area contributed by atoms with Gasteiger partial charge >= 0.3 is 0 Å². The number of halogens is 1. The molecule has 2 aliphatic heterocycles. The van der Waals surface area contributed by atoms with Gasteiger partial charge in [-0.05, 0) is 37.1 Å². The normalized spacial score (nSPS) is 31.8. The lowest BCUT2D eigenvalue weighted by Gasteiger charge is -2.31. The Morgan fingerprint density at radius 1 is 1.57 bits per heavy atom. The van der Waals surface area contributed by atoms with Crippen LogP contribution < -0.4 is 11.1 Å². The van der Waals surface area contributed by atoms with E-state index in [-0.39, 0.29) is 23.8 Å². The summed E-state index contributed by atoms with van der Waals surface area (Å²) in [6.07, 6.45) is 0.791. The predicted molar refractivity (Wildman–Crippen MR) is 79.5 cm³/mol. The Hall–Kier alpha value is -1.11. The van der Waals surface area contributed by atoms with Crippen LogP contribution in [0.5, 0.6) is 0 Å². The number of carbonyl (C=O) groups is 1.